The summed E-state index contributed by atoms with van der Waals surface area (Å²) < 4.78 is 0. The summed E-state index contributed by atoms with van der Waals surface area (Å²) in [5, 5.41) is 0. The molecule has 3 N–H and O–H groups in total. The molecule has 1 aromatic rings. The fourth-order valence-electron chi connectivity index (χ4n) is 2.77. The predicted molar refractivity (Wildman–Crippen MR) is 73.7 cm³/mol. The van der Waals surface area contributed by atoms with Crippen molar-refractivity contribution in [2.24, 2.45) is 0 Å². The van der Waals surface area contributed by atoms with Gasteiger partial charge in [0.15, 0.2) is 0 Å². The van der Waals surface area contributed by atoms with Gasteiger partial charge in [-0.25, -0.2) is 4.98 Å². The van der Waals surface area contributed by atoms with E-state index in [9.17, 15) is 4.79 Å². The van der Waals surface area contributed by atoms with Crippen LogP contribution in [0.5, 0.6) is 0 Å². The Morgan fingerprint density at radius 3 is 2.50 bits per heavy atom. The van der Waals surface area contributed by atoms with Crippen molar-refractivity contribution in [2.75, 3.05) is 5.73 Å². The maximum atomic E-state index is 12.0. The summed E-state index contributed by atoms with van der Waals surface area (Å²) >= 11 is 0. The first-order chi connectivity index (χ1) is 8.72. The molecule has 2 rings (SSSR count). The van der Waals surface area contributed by atoms with Crippen LogP contribution >= 0.6 is 0 Å². The third kappa shape index (κ3) is 2.92. The average Bonchev–Trinajstić information content (AvgIpc) is 2.62. The monoisotopic (exact) mass is 249 g/mol. The van der Waals surface area contributed by atoms with Gasteiger partial charge in [-0.05, 0) is 19.3 Å². The molecule has 1 aliphatic carbocycles. The van der Waals surface area contributed by atoms with Gasteiger partial charge in [0.1, 0.15) is 11.6 Å². The maximum absolute atomic E-state index is 12.0. The van der Waals surface area contributed by atoms with Crippen LogP contribution in [0, 0.1) is 0 Å². The molecule has 0 bridgehead atoms. The Balaban J connectivity index is 2.26. The molecule has 0 spiro atoms. The predicted octanol–water partition coefficient (Wildman–Crippen LogP) is 2.74. The molecule has 0 aromatic carbocycles. The van der Waals surface area contributed by atoms with E-state index < -0.39 is 0 Å². The highest BCUT2D eigenvalue weighted by molar-refractivity contribution is 5.38. The molecule has 1 saturated carbocycles. The van der Waals surface area contributed by atoms with Gasteiger partial charge in [0, 0.05) is 5.92 Å². The van der Waals surface area contributed by atoms with Gasteiger partial charge in [-0.2, -0.15) is 0 Å². The van der Waals surface area contributed by atoms with Gasteiger partial charge < -0.3 is 10.7 Å². The van der Waals surface area contributed by atoms with Crippen LogP contribution in [0.1, 0.15) is 69.2 Å². The molecule has 0 aliphatic heterocycles. The second-order valence-electron chi connectivity index (χ2n) is 5.25. The van der Waals surface area contributed by atoms with Gasteiger partial charge >= 0.3 is 0 Å². The van der Waals surface area contributed by atoms with E-state index in [2.05, 4.69) is 9.97 Å². The quantitative estimate of drug-likeness (QED) is 0.809. The van der Waals surface area contributed by atoms with Gasteiger partial charge in [-0.15, -0.1) is 0 Å². The molecular weight excluding hydrogens is 226 g/mol. The molecule has 1 aromatic heterocycles. The van der Waals surface area contributed by atoms with Crippen molar-refractivity contribution < 1.29 is 0 Å². The fraction of sp³-hybridized carbons (Fsp3) is 0.714. The minimum Gasteiger partial charge on any atom is -0.383 e. The molecule has 0 amide bonds. The molecule has 1 heterocycles. The van der Waals surface area contributed by atoms with E-state index in [0.717, 1.165) is 25.1 Å². The van der Waals surface area contributed by atoms with Crippen LogP contribution in [0.3, 0.4) is 0 Å². The van der Waals surface area contributed by atoms with Crippen LogP contribution in [-0.2, 0) is 6.42 Å². The van der Waals surface area contributed by atoms with Crippen molar-refractivity contribution in [3.05, 3.63) is 21.7 Å². The van der Waals surface area contributed by atoms with Gasteiger partial charge in [0.05, 0.1) is 5.56 Å². The summed E-state index contributed by atoms with van der Waals surface area (Å²) in [5.41, 5.74) is 6.53. The summed E-state index contributed by atoms with van der Waals surface area (Å²) in [7, 11) is 0. The van der Waals surface area contributed by atoms with E-state index >= 15 is 0 Å². The lowest BCUT2D eigenvalue weighted by atomic mass is 9.99. The van der Waals surface area contributed by atoms with E-state index in [1.807, 2.05) is 6.92 Å². The summed E-state index contributed by atoms with van der Waals surface area (Å²) in [4.78, 5) is 19.4. The molecule has 4 nitrogen and oxygen atoms in total. The third-order valence-electron chi connectivity index (χ3n) is 3.81. The van der Waals surface area contributed by atoms with E-state index in [0.29, 0.717) is 23.7 Å². The Labute approximate surface area is 108 Å². The second kappa shape index (κ2) is 6.03. The molecule has 0 atom stereocenters. The number of aromatic amines is 1. The van der Waals surface area contributed by atoms with Crippen molar-refractivity contribution in [1.82, 2.24) is 9.97 Å². The standard InChI is InChI=1S/C14H23N3O/c1-2-7-11-12(15)16-13(17-14(11)18)10-8-5-3-4-6-9-10/h10H,2-9H2,1H3,(H3,15,16,17,18). The van der Waals surface area contributed by atoms with Crippen molar-refractivity contribution in [2.45, 2.75) is 64.2 Å². The summed E-state index contributed by atoms with van der Waals surface area (Å²) in [6, 6.07) is 0. The van der Waals surface area contributed by atoms with Crippen molar-refractivity contribution in [1.29, 1.82) is 0 Å². The van der Waals surface area contributed by atoms with Crippen molar-refractivity contribution >= 4 is 5.82 Å². The van der Waals surface area contributed by atoms with Crippen molar-refractivity contribution in [3.8, 4) is 0 Å². The number of nitrogens with zero attached hydrogens (tertiary/aromatic N) is 1. The number of hydrogen-bond donors (Lipinski definition) is 2. The molecule has 18 heavy (non-hydrogen) atoms. The van der Waals surface area contributed by atoms with Crippen LogP contribution in [0.25, 0.3) is 0 Å². The first-order valence-corrected chi connectivity index (χ1v) is 7.11. The molecule has 0 radical (unpaired) electrons. The summed E-state index contributed by atoms with van der Waals surface area (Å²) in [6.45, 7) is 2.04. The molecule has 0 saturated heterocycles. The number of nitrogen functional groups attached to an aromatic ring is 1. The number of anilines is 1. The molecular formula is C14H23N3O. The van der Waals surface area contributed by atoms with Gasteiger partial charge in [0.2, 0.25) is 0 Å². The average molecular weight is 249 g/mol. The van der Waals surface area contributed by atoms with Crippen LogP contribution < -0.4 is 11.3 Å². The normalized spacial score (nSPS) is 17.6. The number of hydrogen-bond acceptors (Lipinski definition) is 3. The van der Waals surface area contributed by atoms with E-state index in [1.54, 1.807) is 0 Å². The highest BCUT2D eigenvalue weighted by Crippen LogP contribution is 2.29. The Bertz CT molecular complexity index is 445. The number of aromatic nitrogens is 2. The molecule has 4 heteroatoms. The van der Waals surface area contributed by atoms with Crippen LogP contribution in [-0.4, -0.2) is 9.97 Å². The van der Waals surface area contributed by atoms with Gasteiger partial charge in [0.25, 0.3) is 5.56 Å². The first kappa shape index (κ1) is 13.1. The Morgan fingerprint density at radius 2 is 1.94 bits per heavy atom. The third-order valence-corrected chi connectivity index (χ3v) is 3.81. The highest BCUT2D eigenvalue weighted by Gasteiger charge is 2.18. The van der Waals surface area contributed by atoms with Crippen LogP contribution in [0.4, 0.5) is 5.82 Å². The van der Waals surface area contributed by atoms with Gasteiger partial charge in [-0.3, -0.25) is 4.79 Å². The van der Waals surface area contributed by atoms with Crippen LogP contribution in [0.15, 0.2) is 4.79 Å². The minimum atomic E-state index is -0.0383. The van der Waals surface area contributed by atoms with Crippen LogP contribution in [0.2, 0.25) is 0 Å². The highest BCUT2D eigenvalue weighted by atomic mass is 16.1. The largest absolute Gasteiger partial charge is 0.383 e. The first-order valence-electron chi connectivity index (χ1n) is 7.11. The lowest BCUT2D eigenvalue weighted by Gasteiger charge is -2.14. The summed E-state index contributed by atoms with van der Waals surface area (Å²) in [5.74, 6) is 1.62. The Hall–Kier alpha value is -1.32. The van der Waals surface area contributed by atoms with E-state index in [1.165, 1.54) is 25.7 Å². The SMILES string of the molecule is CCCc1c(N)nc(C2CCCCCC2)[nH]c1=O. The van der Waals surface area contributed by atoms with E-state index in [-0.39, 0.29) is 5.56 Å². The molecule has 100 valence electrons. The maximum Gasteiger partial charge on any atom is 0.256 e. The lowest BCUT2D eigenvalue weighted by Crippen LogP contribution is -2.21. The molecule has 1 fully saturated rings. The minimum absolute atomic E-state index is 0.0383. The van der Waals surface area contributed by atoms with Gasteiger partial charge in [-0.1, -0.05) is 39.0 Å². The number of nitrogens with two attached hydrogens (primary N) is 1. The molecule has 1 aliphatic rings. The van der Waals surface area contributed by atoms with Crippen molar-refractivity contribution in [3.63, 3.8) is 0 Å². The smallest absolute Gasteiger partial charge is 0.256 e. The zero-order valence-electron chi connectivity index (χ0n) is 11.2. The lowest BCUT2D eigenvalue weighted by molar-refractivity contribution is 0.558. The second-order valence-corrected chi connectivity index (χ2v) is 5.25. The number of H-pyrrole nitrogens is 1. The topological polar surface area (TPSA) is 71.8 Å². The fourth-order valence-corrected chi connectivity index (χ4v) is 2.77. The summed E-state index contributed by atoms with van der Waals surface area (Å²) in [6.07, 6.45) is 8.91. The Morgan fingerprint density at radius 1 is 1.28 bits per heavy atom. The zero-order chi connectivity index (χ0) is 13.0. The number of rotatable bonds is 3. The van der Waals surface area contributed by atoms with E-state index in [4.69, 9.17) is 5.73 Å². The number of nitrogens with one attached hydrogen (secondary N) is 1. The molecule has 0 unspecified atom stereocenters. The Kier molecular flexibility index (Phi) is 4.39. The zero-order valence-corrected chi connectivity index (χ0v) is 11.2.